The third kappa shape index (κ3) is 5.14. The fourth-order valence-corrected chi connectivity index (χ4v) is 1.34. The summed E-state index contributed by atoms with van der Waals surface area (Å²) in [6.45, 7) is 0. The van der Waals surface area contributed by atoms with Crippen LogP contribution >= 0.6 is 0 Å². The van der Waals surface area contributed by atoms with Crippen molar-refractivity contribution in [2.45, 2.75) is 38.1 Å². The Hall–Kier alpha value is 0.836. The van der Waals surface area contributed by atoms with E-state index in [1.165, 1.54) is 6.42 Å². The molecule has 0 aliphatic heterocycles. The van der Waals surface area contributed by atoms with Gasteiger partial charge in [0.1, 0.15) is 6.04 Å². The van der Waals surface area contributed by atoms with Crippen LogP contribution in [-0.4, -0.2) is 67.7 Å². The zero-order valence-corrected chi connectivity index (χ0v) is 5.86. The topological polar surface area (TPSA) is 58.7 Å². The first-order chi connectivity index (χ1) is 4.79. The summed E-state index contributed by atoms with van der Waals surface area (Å²) in [4.78, 5) is 0. The van der Waals surface area contributed by atoms with Gasteiger partial charge >= 0.3 is 51.4 Å². The Labute approximate surface area is 109 Å². The van der Waals surface area contributed by atoms with Gasteiger partial charge in [0.15, 0.2) is 5.02 Å². The van der Waals surface area contributed by atoms with E-state index in [4.69, 9.17) is 5.21 Å². The van der Waals surface area contributed by atoms with Gasteiger partial charge in [0.2, 0.25) is 0 Å². The van der Waals surface area contributed by atoms with Crippen molar-refractivity contribution in [3.05, 3.63) is 5.21 Å². The van der Waals surface area contributed by atoms with E-state index in [2.05, 4.69) is 5.11 Å². The van der Waals surface area contributed by atoms with Crippen molar-refractivity contribution in [2.24, 2.45) is 5.11 Å². The SMILES string of the molecule is [KH].[O-]/[N+](O)=N\C1CCCCC1. The normalized spacial score (nSPS) is 20.9. The Morgan fingerprint density at radius 2 is 1.82 bits per heavy atom. The second-order valence-corrected chi connectivity index (χ2v) is 2.66. The van der Waals surface area contributed by atoms with Gasteiger partial charge in [-0.05, 0) is 12.8 Å². The van der Waals surface area contributed by atoms with Crippen molar-refractivity contribution in [1.29, 1.82) is 0 Å². The van der Waals surface area contributed by atoms with Crippen molar-refractivity contribution < 1.29 is 10.2 Å². The fourth-order valence-electron chi connectivity index (χ4n) is 1.34. The predicted octanol–water partition coefficient (Wildman–Crippen LogP) is 1.02. The Bertz CT molecular complexity index is 131. The predicted molar refractivity (Wildman–Crippen MR) is 41.9 cm³/mol. The zero-order chi connectivity index (χ0) is 7.40. The quantitative estimate of drug-likeness (QED) is 0.376. The average Bonchev–Trinajstić information content (AvgIpc) is 1.88. The van der Waals surface area contributed by atoms with Crippen LogP contribution in [0.3, 0.4) is 0 Å². The molecular weight excluding hydrogens is 171 g/mol. The number of nitrogens with zero attached hydrogens (tertiary/aromatic N) is 2. The molecule has 1 aliphatic rings. The van der Waals surface area contributed by atoms with Crippen LogP contribution < -0.4 is 0 Å². The summed E-state index contributed by atoms with van der Waals surface area (Å²) in [5.41, 5.74) is 0. The Balaban J connectivity index is 0.000001000. The number of hydrogen-bond donors (Lipinski definition) is 1. The fraction of sp³-hybridized carbons (Fsp3) is 1.00. The average molecular weight is 184 g/mol. The first-order valence-corrected chi connectivity index (χ1v) is 3.66. The monoisotopic (exact) mass is 184 g/mol. The Morgan fingerprint density at radius 3 is 2.27 bits per heavy atom. The van der Waals surface area contributed by atoms with E-state index in [-0.39, 0.29) is 62.5 Å². The molecule has 11 heavy (non-hydrogen) atoms. The van der Waals surface area contributed by atoms with E-state index < -0.39 is 0 Å². The minimum atomic E-state index is -0.310. The van der Waals surface area contributed by atoms with Crippen LogP contribution in [0.5, 0.6) is 0 Å². The summed E-state index contributed by atoms with van der Waals surface area (Å²) in [5, 5.41) is 21.4. The molecule has 1 N–H and O–H groups in total. The summed E-state index contributed by atoms with van der Waals surface area (Å²) in [6, 6.07) is 0.0660. The van der Waals surface area contributed by atoms with Crippen molar-refractivity contribution in [3.8, 4) is 0 Å². The van der Waals surface area contributed by atoms with Gasteiger partial charge in [-0.25, -0.2) is 5.21 Å². The van der Waals surface area contributed by atoms with Crippen LogP contribution in [0.1, 0.15) is 32.1 Å². The first kappa shape index (κ1) is 11.8. The van der Waals surface area contributed by atoms with Gasteiger partial charge in [-0.15, -0.1) is 0 Å². The molecule has 5 heteroatoms. The smallest absolute Gasteiger partial charge is 0.166 e. The molecule has 60 valence electrons. The van der Waals surface area contributed by atoms with Crippen LogP contribution in [0.2, 0.25) is 0 Å². The first-order valence-electron chi connectivity index (χ1n) is 3.66. The van der Waals surface area contributed by atoms with Gasteiger partial charge in [-0.1, -0.05) is 19.3 Å². The van der Waals surface area contributed by atoms with Gasteiger partial charge in [-0.2, -0.15) is 0 Å². The molecule has 1 rings (SSSR count). The summed E-state index contributed by atoms with van der Waals surface area (Å²) in [6.07, 6.45) is 5.37. The van der Waals surface area contributed by atoms with Crippen LogP contribution in [-0.2, 0) is 0 Å². The second kappa shape index (κ2) is 6.36. The third-order valence-electron chi connectivity index (χ3n) is 1.84. The molecule has 0 atom stereocenters. The van der Waals surface area contributed by atoms with Crippen molar-refractivity contribution in [2.75, 3.05) is 0 Å². The molecule has 0 amide bonds. The van der Waals surface area contributed by atoms with E-state index >= 15 is 0 Å². The molecule has 1 aliphatic carbocycles. The summed E-state index contributed by atoms with van der Waals surface area (Å²) < 4.78 is 0. The maximum absolute atomic E-state index is 10.0. The maximum Gasteiger partial charge on any atom is 0.166 e. The van der Waals surface area contributed by atoms with Gasteiger partial charge in [-0.3, -0.25) is 0 Å². The maximum atomic E-state index is 10.0. The van der Waals surface area contributed by atoms with Crippen LogP contribution in [0.15, 0.2) is 5.11 Å². The van der Waals surface area contributed by atoms with E-state index in [9.17, 15) is 5.21 Å². The number of hydrogen-bond acceptors (Lipinski definition) is 2. The third-order valence-corrected chi connectivity index (χ3v) is 1.84. The standard InChI is InChI=1S/C6H12N2O2.K.H/c9-8(10)7-6-4-2-1-3-5-6;;/h6H,1-5H2,(H,7,9,10);;. The summed E-state index contributed by atoms with van der Waals surface area (Å²) in [5.74, 6) is 0. The molecule has 0 aromatic carbocycles. The minimum absolute atomic E-state index is 0. The molecule has 0 aromatic heterocycles. The molecule has 0 unspecified atom stereocenters. The molecule has 4 nitrogen and oxygen atoms in total. The molecule has 1 fully saturated rings. The van der Waals surface area contributed by atoms with Crippen molar-refractivity contribution in [1.82, 2.24) is 0 Å². The van der Waals surface area contributed by atoms with E-state index in [1.807, 2.05) is 0 Å². The van der Waals surface area contributed by atoms with Gasteiger partial charge < -0.3 is 5.21 Å². The van der Waals surface area contributed by atoms with E-state index in [0.29, 0.717) is 0 Å². The van der Waals surface area contributed by atoms with Crippen molar-refractivity contribution in [3.63, 3.8) is 0 Å². The van der Waals surface area contributed by atoms with E-state index in [0.717, 1.165) is 25.7 Å². The van der Waals surface area contributed by atoms with Crippen LogP contribution in [0.4, 0.5) is 0 Å². The van der Waals surface area contributed by atoms with Crippen LogP contribution in [0, 0.1) is 5.21 Å². The Morgan fingerprint density at radius 1 is 1.27 bits per heavy atom. The largest absolute Gasteiger partial charge is 0.395 e. The molecule has 0 bridgehead atoms. The van der Waals surface area contributed by atoms with Crippen molar-refractivity contribution >= 4 is 51.4 Å². The van der Waals surface area contributed by atoms with Gasteiger partial charge in [0.05, 0.1) is 0 Å². The molecule has 0 spiro atoms. The molecule has 0 heterocycles. The van der Waals surface area contributed by atoms with Crippen LogP contribution in [0.25, 0.3) is 0 Å². The van der Waals surface area contributed by atoms with Gasteiger partial charge in [0.25, 0.3) is 0 Å². The Kier molecular flexibility index (Phi) is 6.85. The molecule has 0 aromatic rings. The van der Waals surface area contributed by atoms with E-state index in [1.54, 1.807) is 0 Å². The molecular formula is C6H13KN2O2. The molecule has 0 radical (unpaired) electrons. The molecule has 1 saturated carbocycles. The second-order valence-electron chi connectivity index (χ2n) is 2.66. The minimum Gasteiger partial charge on any atom is -0.395 e. The summed E-state index contributed by atoms with van der Waals surface area (Å²) >= 11 is 0. The zero-order valence-electron chi connectivity index (χ0n) is 5.86. The number of rotatable bonds is 1. The summed E-state index contributed by atoms with van der Waals surface area (Å²) in [7, 11) is 0. The molecule has 0 saturated heterocycles. The van der Waals surface area contributed by atoms with Gasteiger partial charge in [0, 0.05) is 5.11 Å².